The van der Waals surface area contributed by atoms with Gasteiger partial charge in [0.25, 0.3) is 0 Å². The quantitative estimate of drug-likeness (QED) is 0.788. The molecular formula is C11H17N3O. The standard InChI is InChI=1S/C11H17N3O/c12-11-2-1-10(8-14-11)13-7-9-3-5-15-6-4-9/h1-2,8-9,13H,3-7H2,(H2,12,14). The van der Waals surface area contributed by atoms with Crippen LogP contribution in [0.5, 0.6) is 0 Å². The Balaban J connectivity index is 1.79. The molecule has 0 unspecified atom stereocenters. The van der Waals surface area contributed by atoms with Gasteiger partial charge in [0, 0.05) is 19.8 Å². The first-order chi connectivity index (χ1) is 7.34. The van der Waals surface area contributed by atoms with Crippen molar-refractivity contribution < 1.29 is 4.74 Å². The van der Waals surface area contributed by atoms with Gasteiger partial charge in [-0.3, -0.25) is 0 Å². The smallest absolute Gasteiger partial charge is 0.123 e. The Labute approximate surface area is 89.8 Å². The van der Waals surface area contributed by atoms with E-state index in [1.165, 1.54) is 0 Å². The molecule has 15 heavy (non-hydrogen) atoms. The van der Waals surface area contributed by atoms with E-state index in [-0.39, 0.29) is 0 Å². The highest BCUT2D eigenvalue weighted by Crippen LogP contribution is 2.16. The highest BCUT2D eigenvalue weighted by atomic mass is 16.5. The molecule has 0 atom stereocenters. The molecule has 82 valence electrons. The summed E-state index contributed by atoms with van der Waals surface area (Å²) in [6, 6.07) is 3.77. The van der Waals surface area contributed by atoms with Crippen LogP contribution in [0.1, 0.15) is 12.8 Å². The number of aromatic nitrogens is 1. The Morgan fingerprint density at radius 1 is 1.40 bits per heavy atom. The lowest BCUT2D eigenvalue weighted by Gasteiger charge is -2.22. The second kappa shape index (κ2) is 4.98. The summed E-state index contributed by atoms with van der Waals surface area (Å²) >= 11 is 0. The van der Waals surface area contributed by atoms with Crippen LogP contribution < -0.4 is 11.1 Å². The maximum Gasteiger partial charge on any atom is 0.123 e. The number of nitrogen functional groups attached to an aromatic ring is 1. The van der Waals surface area contributed by atoms with Gasteiger partial charge in [0.1, 0.15) is 5.82 Å². The van der Waals surface area contributed by atoms with E-state index in [0.29, 0.717) is 5.82 Å². The largest absolute Gasteiger partial charge is 0.384 e. The molecule has 4 heteroatoms. The maximum absolute atomic E-state index is 5.51. The number of nitrogens with zero attached hydrogens (tertiary/aromatic N) is 1. The fraction of sp³-hybridized carbons (Fsp3) is 0.545. The Kier molecular flexibility index (Phi) is 3.40. The van der Waals surface area contributed by atoms with Gasteiger partial charge in [-0.1, -0.05) is 0 Å². The zero-order chi connectivity index (χ0) is 10.5. The number of anilines is 2. The Hall–Kier alpha value is -1.29. The monoisotopic (exact) mass is 207 g/mol. The first-order valence-electron chi connectivity index (χ1n) is 5.38. The molecule has 0 saturated carbocycles. The summed E-state index contributed by atoms with van der Waals surface area (Å²) in [4.78, 5) is 4.03. The van der Waals surface area contributed by atoms with E-state index in [9.17, 15) is 0 Å². The third-order valence-corrected chi connectivity index (χ3v) is 2.72. The molecule has 0 radical (unpaired) electrons. The van der Waals surface area contributed by atoms with Crippen LogP contribution in [0, 0.1) is 5.92 Å². The number of hydrogen-bond acceptors (Lipinski definition) is 4. The highest BCUT2D eigenvalue weighted by molar-refractivity contribution is 5.45. The summed E-state index contributed by atoms with van der Waals surface area (Å²) in [5, 5.41) is 3.37. The Morgan fingerprint density at radius 2 is 2.20 bits per heavy atom. The molecule has 2 heterocycles. The van der Waals surface area contributed by atoms with Crippen LogP contribution in [-0.2, 0) is 4.74 Å². The molecule has 1 saturated heterocycles. The van der Waals surface area contributed by atoms with Crippen molar-refractivity contribution in [3.05, 3.63) is 18.3 Å². The topological polar surface area (TPSA) is 60.2 Å². The molecule has 1 aliphatic rings. The van der Waals surface area contributed by atoms with Crippen LogP contribution in [0.15, 0.2) is 18.3 Å². The normalized spacial score (nSPS) is 17.6. The third kappa shape index (κ3) is 3.09. The number of rotatable bonds is 3. The zero-order valence-electron chi connectivity index (χ0n) is 8.78. The van der Waals surface area contributed by atoms with Crippen molar-refractivity contribution in [1.82, 2.24) is 4.98 Å². The second-order valence-electron chi connectivity index (χ2n) is 3.91. The van der Waals surface area contributed by atoms with Crippen molar-refractivity contribution in [2.45, 2.75) is 12.8 Å². The van der Waals surface area contributed by atoms with E-state index >= 15 is 0 Å². The van der Waals surface area contributed by atoms with Crippen molar-refractivity contribution in [2.75, 3.05) is 30.8 Å². The zero-order valence-corrected chi connectivity index (χ0v) is 8.78. The maximum atomic E-state index is 5.51. The number of ether oxygens (including phenoxy) is 1. The SMILES string of the molecule is Nc1ccc(NCC2CCOCC2)cn1. The van der Waals surface area contributed by atoms with E-state index in [1.807, 2.05) is 12.1 Å². The van der Waals surface area contributed by atoms with Gasteiger partial charge in [0.15, 0.2) is 0 Å². The lowest BCUT2D eigenvalue weighted by atomic mass is 10.0. The van der Waals surface area contributed by atoms with Crippen LogP contribution in [0.3, 0.4) is 0 Å². The van der Waals surface area contributed by atoms with Crippen molar-refractivity contribution in [3.8, 4) is 0 Å². The van der Waals surface area contributed by atoms with Crippen LogP contribution in [0.2, 0.25) is 0 Å². The molecule has 1 aromatic rings. The fourth-order valence-corrected chi connectivity index (χ4v) is 1.72. The number of pyridine rings is 1. The molecule has 4 nitrogen and oxygen atoms in total. The molecular weight excluding hydrogens is 190 g/mol. The van der Waals surface area contributed by atoms with E-state index in [4.69, 9.17) is 10.5 Å². The van der Waals surface area contributed by atoms with Crippen LogP contribution in [-0.4, -0.2) is 24.7 Å². The molecule has 3 N–H and O–H groups in total. The third-order valence-electron chi connectivity index (χ3n) is 2.72. The summed E-state index contributed by atoms with van der Waals surface area (Å²) in [6.07, 6.45) is 4.07. The summed E-state index contributed by atoms with van der Waals surface area (Å²) < 4.78 is 5.31. The molecule has 1 aromatic heterocycles. The van der Waals surface area contributed by atoms with E-state index in [2.05, 4.69) is 10.3 Å². The first-order valence-corrected chi connectivity index (χ1v) is 5.38. The molecule has 1 fully saturated rings. The Bertz CT molecular complexity index is 293. The molecule has 0 aliphatic carbocycles. The average Bonchev–Trinajstić information content (AvgIpc) is 2.30. The minimum Gasteiger partial charge on any atom is -0.384 e. The first kappa shape index (κ1) is 10.2. The van der Waals surface area contributed by atoms with Gasteiger partial charge in [0.05, 0.1) is 11.9 Å². The number of nitrogens with one attached hydrogen (secondary N) is 1. The summed E-state index contributed by atoms with van der Waals surface area (Å²) in [5.74, 6) is 1.28. The van der Waals surface area contributed by atoms with Gasteiger partial charge >= 0.3 is 0 Å². The molecule has 0 bridgehead atoms. The minimum absolute atomic E-state index is 0.562. The molecule has 0 amide bonds. The molecule has 1 aliphatic heterocycles. The predicted molar refractivity (Wildman–Crippen MR) is 60.7 cm³/mol. The summed E-state index contributed by atoms with van der Waals surface area (Å²) in [5.41, 5.74) is 6.55. The van der Waals surface area contributed by atoms with Gasteiger partial charge in [-0.05, 0) is 30.9 Å². The van der Waals surface area contributed by atoms with Crippen molar-refractivity contribution in [3.63, 3.8) is 0 Å². The summed E-state index contributed by atoms with van der Waals surface area (Å²) in [7, 11) is 0. The van der Waals surface area contributed by atoms with Crippen LogP contribution in [0.25, 0.3) is 0 Å². The predicted octanol–water partition coefficient (Wildman–Crippen LogP) is 1.50. The highest BCUT2D eigenvalue weighted by Gasteiger charge is 2.12. The number of nitrogens with two attached hydrogens (primary N) is 1. The lowest BCUT2D eigenvalue weighted by molar-refractivity contribution is 0.0699. The van der Waals surface area contributed by atoms with Gasteiger partial charge in [-0.25, -0.2) is 4.98 Å². The van der Waals surface area contributed by atoms with Crippen molar-refractivity contribution >= 4 is 11.5 Å². The Morgan fingerprint density at radius 3 is 2.87 bits per heavy atom. The van der Waals surface area contributed by atoms with Crippen LogP contribution in [0.4, 0.5) is 11.5 Å². The van der Waals surface area contributed by atoms with Crippen LogP contribution >= 0.6 is 0 Å². The summed E-state index contributed by atoms with van der Waals surface area (Å²) in [6.45, 7) is 2.79. The fourth-order valence-electron chi connectivity index (χ4n) is 1.72. The van der Waals surface area contributed by atoms with Gasteiger partial charge in [-0.15, -0.1) is 0 Å². The van der Waals surface area contributed by atoms with E-state index < -0.39 is 0 Å². The van der Waals surface area contributed by atoms with Gasteiger partial charge in [0.2, 0.25) is 0 Å². The van der Waals surface area contributed by atoms with Crippen molar-refractivity contribution in [1.29, 1.82) is 0 Å². The number of hydrogen-bond donors (Lipinski definition) is 2. The lowest BCUT2D eigenvalue weighted by Crippen LogP contribution is -2.22. The molecule has 0 spiro atoms. The molecule has 0 aromatic carbocycles. The molecule has 2 rings (SSSR count). The van der Waals surface area contributed by atoms with E-state index in [0.717, 1.165) is 44.2 Å². The van der Waals surface area contributed by atoms with Gasteiger partial charge < -0.3 is 15.8 Å². The minimum atomic E-state index is 0.562. The second-order valence-corrected chi connectivity index (χ2v) is 3.91. The van der Waals surface area contributed by atoms with E-state index in [1.54, 1.807) is 6.20 Å². The van der Waals surface area contributed by atoms with Crippen molar-refractivity contribution in [2.24, 2.45) is 5.92 Å². The average molecular weight is 207 g/mol. The van der Waals surface area contributed by atoms with Gasteiger partial charge in [-0.2, -0.15) is 0 Å².